The molecule has 2 aromatic rings. The number of benzene rings is 2. The third kappa shape index (κ3) is 3.82. The SMILES string of the molecule is CNc1c(C(O)C(O)c2cc(Br)c(C)c([N+](=O)[O-])c2NC)cc(Br)c(C)c1N. The lowest BCUT2D eigenvalue weighted by molar-refractivity contribution is -0.384. The summed E-state index contributed by atoms with van der Waals surface area (Å²) in [6, 6.07) is 3.23. The van der Waals surface area contributed by atoms with Crippen molar-refractivity contribution in [2.45, 2.75) is 26.1 Å². The Balaban J connectivity index is 2.68. The first-order chi connectivity index (χ1) is 13.1. The quantitative estimate of drug-likeness (QED) is 0.220. The molecule has 2 unspecified atom stereocenters. The van der Waals surface area contributed by atoms with Crippen LogP contribution in [0.1, 0.15) is 34.5 Å². The predicted octanol–water partition coefficient (Wildman–Crippen LogP) is 4.17. The van der Waals surface area contributed by atoms with Crippen molar-refractivity contribution in [1.82, 2.24) is 0 Å². The molecule has 0 spiro atoms. The van der Waals surface area contributed by atoms with Gasteiger partial charge in [0.25, 0.3) is 5.69 Å². The Kier molecular flexibility index (Phi) is 6.92. The molecule has 2 atom stereocenters. The standard InChI is InChI=1S/C18H22Br2N4O4/c1-7-11(19)5-9(14(22-3)13(7)21)17(25)18(26)10-6-12(20)8(2)16(24(27)28)15(10)23-4/h5-6,17-18,22-23,25-26H,21H2,1-4H3. The number of hydrogen-bond acceptors (Lipinski definition) is 7. The number of nitrogen functional groups attached to an aromatic ring is 1. The van der Waals surface area contributed by atoms with Gasteiger partial charge in [0.15, 0.2) is 0 Å². The lowest BCUT2D eigenvalue weighted by Gasteiger charge is -2.25. The first-order valence-electron chi connectivity index (χ1n) is 8.34. The van der Waals surface area contributed by atoms with E-state index in [1.54, 1.807) is 26.1 Å². The third-order valence-electron chi connectivity index (χ3n) is 4.74. The van der Waals surface area contributed by atoms with Crippen LogP contribution in [0.2, 0.25) is 0 Å². The van der Waals surface area contributed by atoms with Gasteiger partial charge in [0.05, 0.1) is 16.3 Å². The van der Waals surface area contributed by atoms with Crippen LogP contribution < -0.4 is 16.4 Å². The molecule has 0 aliphatic heterocycles. The zero-order valence-electron chi connectivity index (χ0n) is 15.8. The summed E-state index contributed by atoms with van der Waals surface area (Å²) in [5, 5.41) is 39.1. The van der Waals surface area contributed by atoms with Crippen LogP contribution in [0.3, 0.4) is 0 Å². The van der Waals surface area contributed by atoms with Crippen molar-refractivity contribution in [3.05, 3.63) is 53.4 Å². The maximum Gasteiger partial charge on any atom is 0.296 e. The van der Waals surface area contributed by atoms with Gasteiger partial charge in [-0.15, -0.1) is 0 Å². The molecule has 2 aromatic carbocycles. The van der Waals surface area contributed by atoms with E-state index in [1.165, 1.54) is 7.05 Å². The van der Waals surface area contributed by atoms with Gasteiger partial charge < -0.3 is 26.6 Å². The van der Waals surface area contributed by atoms with Gasteiger partial charge in [-0.25, -0.2) is 0 Å². The molecule has 0 heterocycles. The fraction of sp³-hybridized carbons (Fsp3) is 0.333. The number of anilines is 3. The van der Waals surface area contributed by atoms with Gasteiger partial charge in [0, 0.05) is 39.7 Å². The highest BCUT2D eigenvalue weighted by atomic mass is 79.9. The second kappa shape index (κ2) is 8.64. The fourth-order valence-corrected chi connectivity index (χ4v) is 4.01. The van der Waals surface area contributed by atoms with Gasteiger partial charge in [0.1, 0.15) is 17.9 Å². The summed E-state index contributed by atoms with van der Waals surface area (Å²) in [5.74, 6) is 0. The zero-order chi connectivity index (χ0) is 21.3. The molecule has 8 nitrogen and oxygen atoms in total. The minimum absolute atomic E-state index is 0.141. The molecule has 152 valence electrons. The molecule has 28 heavy (non-hydrogen) atoms. The van der Waals surface area contributed by atoms with Crippen LogP contribution in [-0.2, 0) is 0 Å². The summed E-state index contributed by atoms with van der Waals surface area (Å²) in [7, 11) is 3.19. The number of nitro benzene ring substituents is 1. The van der Waals surface area contributed by atoms with Crippen LogP contribution in [0.25, 0.3) is 0 Å². The maximum atomic E-state index is 11.6. The lowest BCUT2D eigenvalue weighted by Crippen LogP contribution is -2.16. The van der Waals surface area contributed by atoms with E-state index in [0.29, 0.717) is 31.4 Å². The first-order valence-corrected chi connectivity index (χ1v) is 9.92. The number of halogens is 2. The molecule has 0 saturated heterocycles. The Morgan fingerprint density at radius 2 is 1.43 bits per heavy atom. The van der Waals surface area contributed by atoms with E-state index in [0.717, 1.165) is 5.56 Å². The lowest BCUT2D eigenvalue weighted by atomic mass is 9.93. The number of aliphatic hydroxyl groups is 2. The van der Waals surface area contributed by atoms with Gasteiger partial charge in [-0.1, -0.05) is 31.9 Å². The number of nitrogens with one attached hydrogen (secondary N) is 2. The molecule has 0 aliphatic carbocycles. The topological polar surface area (TPSA) is 134 Å². The van der Waals surface area contributed by atoms with Crippen LogP contribution in [0, 0.1) is 24.0 Å². The monoisotopic (exact) mass is 516 g/mol. The van der Waals surface area contributed by atoms with Gasteiger partial charge in [-0.3, -0.25) is 10.1 Å². The van der Waals surface area contributed by atoms with Crippen molar-refractivity contribution in [3.8, 4) is 0 Å². The van der Waals surface area contributed by atoms with Crippen LogP contribution in [-0.4, -0.2) is 29.2 Å². The Bertz CT molecular complexity index is 937. The number of hydrogen-bond donors (Lipinski definition) is 5. The summed E-state index contributed by atoms with van der Waals surface area (Å²) < 4.78 is 1.13. The van der Waals surface area contributed by atoms with Gasteiger partial charge in [0.2, 0.25) is 0 Å². The molecular weight excluding hydrogens is 496 g/mol. The molecule has 0 radical (unpaired) electrons. The second-order valence-corrected chi connectivity index (χ2v) is 8.01. The zero-order valence-corrected chi connectivity index (χ0v) is 19.0. The first kappa shape index (κ1) is 22.4. The molecule has 6 N–H and O–H groups in total. The number of rotatable bonds is 6. The Morgan fingerprint density at radius 1 is 1.00 bits per heavy atom. The molecule has 0 amide bonds. The van der Waals surface area contributed by atoms with E-state index in [-0.39, 0.29) is 16.9 Å². The average Bonchev–Trinajstić information content (AvgIpc) is 2.65. The van der Waals surface area contributed by atoms with Crippen LogP contribution >= 0.6 is 31.9 Å². The summed E-state index contributed by atoms with van der Waals surface area (Å²) in [5.41, 5.74) is 8.79. The summed E-state index contributed by atoms with van der Waals surface area (Å²) in [6.07, 6.45) is -2.83. The Morgan fingerprint density at radius 3 is 1.86 bits per heavy atom. The fourth-order valence-electron chi connectivity index (χ4n) is 3.12. The van der Waals surface area contributed by atoms with E-state index < -0.39 is 17.1 Å². The summed E-state index contributed by atoms with van der Waals surface area (Å²) >= 11 is 6.70. The maximum absolute atomic E-state index is 11.6. The summed E-state index contributed by atoms with van der Waals surface area (Å²) in [4.78, 5) is 11.0. The van der Waals surface area contributed by atoms with Crippen molar-refractivity contribution in [2.75, 3.05) is 30.5 Å². The van der Waals surface area contributed by atoms with Crippen molar-refractivity contribution in [3.63, 3.8) is 0 Å². The van der Waals surface area contributed by atoms with Gasteiger partial charge >= 0.3 is 0 Å². The highest BCUT2D eigenvalue weighted by Crippen LogP contribution is 2.45. The highest BCUT2D eigenvalue weighted by molar-refractivity contribution is 9.10. The minimum Gasteiger partial charge on any atom is -0.397 e. The largest absolute Gasteiger partial charge is 0.397 e. The van der Waals surface area contributed by atoms with Crippen molar-refractivity contribution in [1.29, 1.82) is 0 Å². The van der Waals surface area contributed by atoms with E-state index in [2.05, 4.69) is 42.5 Å². The van der Waals surface area contributed by atoms with E-state index in [1.807, 2.05) is 6.92 Å². The number of nitrogens with two attached hydrogens (primary N) is 1. The van der Waals surface area contributed by atoms with Gasteiger partial charge in [-0.05, 0) is 31.5 Å². The molecular formula is C18H22Br2N4O4. The average molecular weight is 518 g/mol. The van der Waals surface area contributed by atoms with E-state index in [9.17, 15) is 20.3 Å². The third-order valence-corrected chi connectivity index (χ3v) is 6.39. The molecule has 0 aromatic heterocycles. The van der Waals surface area contributed by atoms with Gasteiger partial charge in [-0.2, -0.15) is 0 Å². The highest BCUT2D eigenvalue weighted by Gasteiger charge is 2.31. The van der Waals surface area contributed by atoms with Crippen LogP contribution in [0.15, 0.2) is 21.1 Å². The van der Waals surface area contributed by atoms with Crippen LogP contribution in [0.5, 0.6) is 0 Å². The minimum atomic E-state index is -1.45. The summed E-state index contributed by atoms with van der Waals surface area (Å²) in [6.45, 7) is 3.43. The second-order valence-electron chi connectivity index (χ2n) is 6.30. The Hall–Kier alpha value is -1.88. The molecule has 0 fully saturated rings. The molecule has 0 aliphatic rings. The van der Waals surface area contributed by atoms with E-state index in [4.69, 9.17) is 5.73 Å². The smallest absolute Gasteiger partial charge is 0.296 e. The number of aliphatic hydroxyl groups excluding tert-OH is 2. The number of nitrogens with zero attached hydrogens (tertiary/aromatic N) is 1. The molecule has 0 bridgehead atoms. The number of nitro groups is 1. The molecule has 0 saturated carbocycles. The molecule has 2 rings (SSSR count). The Labute approximate surface area is 179 Å². The molecule has 10 heteroatoms. The van der Waals surface area contributed by atoms with E-state index >= 15 is 0 Å². The predicted molar refractivity (Wildman–Crippen MR) is 118 cm³/mol. The van der Waals surface area contributed by atoms with Crippen LogP contribution in [0.4, 0.5) is 22.7 Å². The van der Waals surface area contributed by atoms with Crippen molar-refractivity contribution >= 4 is 54.6 Å². The van der Waals surface area contributed by atoms with Crippen molar-refractivity contribution < 1.29 is 15.1 Å². The van der Waals surface area contributed by atoms with Crippen molar-refractivity contribution in [2.24, 2.45) is 0 Å². The normalized spacial score (nSPS) is 13.1.